The molecule has 0 aliphatic heterocycles. The van der Waals surface area contributed by atoms with Gasteiger partial charge in [0.2, 0.25) is 0 Å². The number of aliphatic hydroxyl groups excluding tert-OH is 2. The number of hydrogen-bond donors (Lipinski definition) is 5. The average Bonchev–Trinajstić information content (AvgIpc) is 3.25. The van der Waals surface area contributed by atoms with Gasteiger partial charge in [-0.2, -0.15) is 5.26 Å². The van der Waals surface area contributed by atoms with Crippen LogP contribution in [0.4, 0.5) is 0 Å². The molecule has 320 valence electrons. The van der Waals surface area contributed by atoms with Gasteiger partial charge in [0.05, 0.1) is 34.2 Å². The Bertz CT molecular complexity index is 2450. The number of aliphatic hydroxyl groups is 2. The van der Waals surface area contributed by atoms with Gasteiger partial charge in [-0.05, 0) is 116 Å². The highest BCUT2D eigenvalue weighted by Crippen LogP contribution is 2.37. The van der Waals surface area contributed by atoms with E-state index in [1.165, 1.54) is 20.0 Å². The van der Waals surface area contributed by atoms with E-state index in [4.69, 9.17) is 37.4 Å². The maximum Gasteiger partial charge on any atom is 0.326 e. The van der Waals surface area contributed by atoms with Crippen LogP contribution in [0.25, 0.3) is 11.1 Å². The number of nitriles is 1. The Morgan fingerprint density at radius 3 is 1.85 bits per heavy atom. The minimum absolute atomic E-state index is 0.000617. The van der Waals surface area contributed by atoms with E-state index in [0.29, 0.717) is 45.4 Å². The molecule has 5 aromatic rings. The van der Waals surface area contributed by atoms with Gasteiger partial charge in [0, 0.05) is 36.1 Å². The number of aryl methyl sites for hydroxylation is 2. The van der Waals surface area contributed by atoms with Crippen LogP contribution in [0.1, 0.15) is 70.3 Å². The van der Waals surface area contributed by atoms with E-state index < -0.39 is 36.1 Å². The van der Waals surface area contributed by atoms with Gasteiger partial charge in [-0.3, -0.25) is 19.9 Å². The lowest BCUT2D eigenvalue weighted by Crippen LogP contribution is -2.52. The highest BCUT2D eigenvalue weighted by molar-refractivity contribution is 6.32. The Balaban J connectivity index is 1.33. The standard InChI is InChI=1S/C47H49Cl2N3O9/c1-28-14-42(39(48)16-33(28)12-13-46(4,26-53)44(55)56)60-24-34-8-6-10-37(29(34)2)38-11-7-9-35(30(38)3)25-61-43-18-41(59-23-32-15-31(19-50)20-51-21-32)36(17-40(43)49)22-52-47(5,27-54)45(57)58/h6-11,14-18,20-21,52-54H,12-13,22-27H2,1-5H3,(H,55,56)(H,57,58)/t46-,47-/m0/s1. The number of ether oxygens (including phenoxy) is 3. The molecule has 0 fully saturated rings. The zero-order chi connectivity index (χ0) is 44.5. The number of pyridine rings is 1. The Hall–Kier alpha value is -5.68. The van der Waals surface area contributed by atoms with Crippen molar-refractivity contribution in [1.29, 1.82) is 5.26 Å². The molecule has 0 unspecified atom stereocenters. The number of nitrogens with one attached hydrogen (secondary N) is 1. The van der Waals surface area contributed by atoms with Crippen LogP contribution in [0.5, 0.6) is 17.2 Å². The van der Waals surface area contributed by atoms with Gasteiger partial charge in [0.1, 0.15) is 48.7 Å². The van der Waals surface area contributed by atoms with Crippen LogP contribution < -0.4 is 19.5 Å². The van der Waals surface area contributed by atoms with Crippen molar-refractivity contribution in [1.82, 2.24) is 10.3 Å². The molecular weight excluding hydrogens is 821 g/mol. The molecule has 4 aromatic carbocycles. The molecule has 1 aromatic heterocycles. The number of benzene rings is 4. The fraction of sp³-hybridized carbons (Fsp3) is 0.319. The van der Waals surface area contributed by atoms with Crippen LogP contribution in [-0.4, -0.2) is 56.1 Å². The van der Waals surface area contributed by atoms with E-state index in [2.05, 4.69) is 22.4 Å². The van der Waals surface area contributed by atoms with E-state index >= 15 is 0 Å². The van der Waals surface area contributed by atoms with Crippen molar-refractivity contribution in [3.05, 3.63) is 139 Å². The Labute approximate surface area is 365 Å². The van der Waals surface area contributed by atoms with Crippen LogP contribution in [0.15, 0.2) is 79.1 Å². The summed E-state index contributed by atoms with van der Waals surface area (Å²) in [7, 11) is 0. The van der Waals surface area contributed by atoms with Gasteiger partial charge in [0.25, 0.3) is 0 Å². The monoisotopic (exact) mass is 869 g/mol. The van der Waals surface area contributed by atoms with Crippen LogP contribution in [0, 0.1) is 37.5 Å². The number of aliphatic carboxylic acids is 2. The zero-order valence-corrected chi connectivity index (χ0v) is 36.2. The number of halogens is 2. The van der Waals surface area contributed by atoms with Crippen molar-refractivity contribution >= 4 is 35.1 Å². The summed E-state index contributed by atoms with van der Waals surface area (Å²) in [6, 6.07) is 22.6. The van der Waals surface area contributed by atoms with Gasteiger partial charge >= 0.3 is 11.9 Å². The molecule has 0 bridgehead atoms. The van der Waals surface area contributed by atoms with E-state index in [-0.39, 0.29) is 37.8 Å². The van der Waals surface area contributed by atoms with Gasteiger partial charge in [-0.25, -0.2) is 0 Å². The highest BCUT2D eigenvalue weighted by atomic mass is 35.5. The Morgan fingerprint density at radius 2 is 1.31 bits per heavy atom. The topological polar surface area (TPSA) is 191 Å². The third kappa shape index (κ3) is 11.2. The molecule has 12 nitrogen and oxygen atoms in total. The van der Waals surface area contributed by atoms with Gasteiger partial charge < -0.3 is 34.6 Å². The van der Waals surface area contributed by atoms with E-state index in [1.807, 2.05) is 57.2 Å². The maximum atomic E-state index is 11.9. The van der Waals surface area contributed by atoms with Crippen molar-refractivity contribution in [2.45, 2.75) is 79.4 Å². The van der Waals surface area contributed by atoms with Crippen molar-refractivity contribution in [2.24, 2.45) is 5.41 Å². The minimum Gasteiger partial charge on any atom is -0.488 e. The van der Waals surface area contributed by atoms with Crippen LogP contribution in [-0.2, 0) is 42.4 Å². The van der Waals surface area contributed by atoms with Crippen molar-refractivity contribution in [3.8, 4) is 34.4 Å². The van der Waals surface area contributed by atoms with Gasteiger partial charge in [-0.1, -0.05) is 59.6 Å². The summed E-state index contributed by atoms with van der Waals surface area (Å²) in [6.07, 6.45) is 3.72. The third-order valence-electron chi connectivity index (χ3n) is 11.0. The lowest BCUT2D eigenvalue weighted by atomic mass is 9.84. The number of hydrogen-bond acceptors (Lipinski definition) is 10. The molecule has 2 atom stereocenters. The second-order valence-corrected chi connectivity index (χ2v) is 16.3. The molecule has 61 heavy (non-hydrogen) atoms. The summed E-state index contributed by atoms with van der Waals surface area (Å²) in [6.45, 7) is 8.25. The molecule has 5 N–H and O–H groups in total. The first kappa shape index (κ1) is 46.4. The third-order valence-corrected chi connectivity index (χ3v) is 11.6. The lowest BCUT2D eigenvalue weighted by molar-refractivity contribution is -0.150. The fourth-order valence-electron chi connectivity index (χ4n) is 6.55. The molecule has 0 spiro atoms. The Morgan fingerprint density at radius 1 is 0.738 bits per heavy atom. The van der Waals surface area contributed by atoms with E-state index in [0.717, 1.165) is 44.5 Å². The SMILES string of the molecule is Cc1cc(OCc2cccc(-c3cccc(COc4cc(OCc5cncc(C#N)c5)c(CN[C@@](C)(CO)C(=O)O)cc4Cl)c3C)c2C)c(Cl)cc1CC[C@@](C)(CO)C(=O)O. The summed E-state index contributed by atoms with van der Waals surface area (Å²) in [5.74, 6) is -1.07. The molecule has 1 heterocycles. The first-order valence-electron chi connectivity index (χ1n) is 19.5. The maximum absolute atomic E-state index is 11.9. The Kier molecular flexibility index (Phi) is 15.4. The second-order valence-electron chi connectivity index (χ2n) is 15.5. The first-order valence-corrected chi connectivity index (χ1v) is 20.2. The normalized spacial score (nSPS) is 13.1. The van der Waals surface area contributed by atoms with Crippen molar-refractivity contribution in [3.63, 3.8) is 0 Å². The highest BCUT2D eigenvalue weighted by Gasteiger charge is 2.33. The molecule has 0 saturated carbocycles. The van der Waals surface area contributed by atoms with Crippen molar-refractivity contribution in [2.75, 3.05) is 13.2 Å². The van der Waals surface area contributed by atoms with Crippen LogP contribution >= 0.6 is 23.2 Å². The summed E-state index contributed by atoms with van der Waals surface area (Å²) in [5, 5.41) is 51.5. The number of carboxylic acids is 2. The minimum atomic E-state index is -1.62. The smallest absolute Gasteiger partial charge is 0.326 e. The molecule has 0 aliphatic carbocycles. The largest absolute Gasteiger partial charge is 0.488 e. The van der Waals surface area contributed by atoms with Crippen LogP contribution in [0.2, 0.25) is 10.0 Å². The molecule has 0 aliphatic rings. The van der Waals surface area contributed by atoms with Crippen LogP contribution in [0.3, 0.4) is 0 Å². The van der Waals surface area contributed by atoms with Gasteiger partial charge in [-0.15, -0.1) is 0 Å². The van der Waals surface area contributed by atoms with Crippen molar-refractivity contribution < 1.29 is 44.2 Å². The molecule has 14 heteroatoms. The molecule has 0 radical (unpaired) electrons. The average molecular weight is 871 g/mol. The predicted molar refractivity (Wildman–Crippen MR) is 232 cm³/mol. The molecule has 0 saturated heterocycles. The fourth-order valence-corrected chi connectivity index (χ4v) is 7.03. The predicted octanol–water partition coefficient (Wildman–Crippen LogP) is 8.53. The summed E-state index contributed by atoms with van der Waals surface area (Å²) < 4.78 is 18.7. The summed E-state index contributed by atoms with van der Waals surface area (Å²) in [5.41, 5.74) is 6.38. The number of carboxylic acid groups (broad SMARTS) is 2. The number of rotatable bonds is 20. The summed E-state index contributed by atoms with van der Waals surface area (Å²) >= 11 is 13.4. The van der Waals surface area contributed by atoms with E-state index in [9.17, 15) is 35.3 Å². The first-order chi connectivity index (χ1) is 29.0. The second kappa shape index (κ2) is 20.3. The quantitative estimate of drug-likeness (QED) is 0.0502. The van der Waals surface area contributed by atoms with E-state index in [1.54, 1.807) is 30.5 Å². The molecule has 5 rings (SSSR count). The number of carbonyl (C=O) groups is 2. The number of aromatic nitrogens is 1. The lowest BCUT2D eigenvalue weighted by Gasteiger charge is -2.25. The molecular formula is C47H49Cl2N3O9. The zero-order valence-electron chi connectivity index (χ0n) is 34.6. The summed E-state index contributed by atoms with van der Waals surface area (Å²) in [4.78, 5) is 27.6. The van der Waals surface area contributed by atoms with Gasteiger partial charge in [0.15, 0.2) is 0 Å². The molecule has 0 amide bonds. The number of nitrogens with zero attached hydrogens (tertiary/aromatic N) is 2.